The van der Waals surface area contributed by atoms with Gasteiger partial charge in [0.15, 0.2) is 5.75 Å². The van der Waals surface area contributed by atoms with Crippen LogP contribution in [0.15, 0.2) is 77.9 Å². The van der Waals surface area contributed by atoms with E-state index in [0.717, 1.165) is 17.7 Å². The number of aromatic hydroxyl groups is 1. The lowest BCUT2D eigenvalue weighted by atomic mass is 9.79. The zero-order valence-electron chi connectivity index (χ0n) is 20.5. The Bertz CT molecular complexity index is 1330. The van der Waals surface area contributed by atoms with Crippen LogP contribution in [-0.4, -0.2) is 24.7 Å². The third kappa shape index (κ3) is 4.96. The van der Waals surface area contributed by atoms with Crippen molar-refractivity contribution in [3.63, 3.8) is 0 Å². The number of hydrogen-bond acceptors (Lipinski definition) is 4. The van der Waals surface area contributed by atoms with Gasteiger partial charge in [0.25, 0.3) is 0 Å². The molecule has 0 aliphatic rings. The molecule has 6 nitrogen and oxygen atoms in total. The normalized spacial score (nSPS) is 12.1. The smallest absolute Gasteiger partial charge is 0.223 e. The molecule has 0 saturated heterocycles. The Morgan fingerprint density at radius 2 is 1.50 bits per heavy atom. The van der Waals surface area contributed by atoms with E-state index in [9.17, 15) is 9.90 Å². The first-order valence-corrected chi connectivity index (χ1v) is 11.5. The highest BCUT2D eigenvalue weighted by atomic mass is 16.3. The first-order valence-electron chi connectivity index (χ1n) is 11.5. The maximum absolute atomic E-state index is 11.8. The van der Waals surface area contributed by atoms with E-state index in [0.29, 0.717) is 12.2 Å². The molecule has 0 radical (unpaired) electrons. The van der Waals surface area contributed by atoms with Gasteiger partial charge in [-0.05, 0) is 43.7 Å². The standard InChI is InChI=1S/C28H32N4O2/c1-20-26(34)25(33)15-16-32(20)28(4,5)18-27(2,3)19-31-17-24(29-30-31)23-13-11-22(12-14-23)21-9-7-6-8-10-21/h6-17,34H,18-19H2,1-5H3. The summed E-state index contributed by atoms with van der Waals surface area (Å²) < 4.78 is 3.87. The van der Waals surface area contributed by atoms with Crippen LogP contribution in [0, 0.1) is 12.3 Å². The van der Waals surface area contributed by atoms with Crippen LogP contribution in [0.2, 0.25) is 0 Å². The van der Waals surface area contributed by atoms with Crippen LogP contribution < -0.4 is 5.43 Å². The fraction of sp³-hybridized carbons (Fsp3) is 0.321. The van der Waals surface area contributed by atoms with Gasteiger partial charge in [0.05, 0.1) is 11.9 Å². The van der Waals surface area contributed by atoms with Crippen molar-refractivity contribution in [2.45, 2.75) is 53.1 Å². The minimum absolute atomic E-state index is 0.114. The Morgan fingerprint density at radius 3 is 2.18 bits per heavy atom. The largest absolute Gasteiger partial charge is 0.503 e. The van der Waals surface area contributed by atoms with E-state index in [-0.39, 0.29) is 22.1 Å². The van der Waals surface area contributed by atoms with Gasteiger partial charge in [-0.2, -0.15) is 0 Å². The predicted octanol–water partition coefficient (Wildman–Crippen LogP) is 5.64. The van der Waals surface area contributed by atoms with Crippen LogP contribution in [0.5, 0.6) is 5.75 Å². The predicted molar refractivity (Wildman–Crippen MR) is 136 cm³/mol. The van der Waals surface area contributed by atoms with Gasteiger partial charge in [-0.25, -0.2) is 0 Å². The van der Waals surface area contributed by atoms with Crippen LogP contribution in [-0.2, 0) is 12.1 Å². The topological polar surface area (TPSA) is 72.9 Å². The summed E-state index contributed by atoms with van der Waals surface area (Å²) in [4.78, 5) is 11.8. The molecule has 2 aromatic carbocycles. The Balaban J connectivity index is 1.49. The lowest BCUT2D eigenvalue weighted by Crippen LogP contribution is -2.36. The van der Waals surface area contributed by atoms with Crippen molar-refractivity contribution in [1.29, 1.82) is 0 Å². The van der Waals surface area contributed by atoms with Crippen molar-refractivity contribution < 1.29 is 5.11 Å². The van der Waals surface area contributed by atoms with Crippen LogP contribution in [0.25, 0.3) is 22.4 Å². The maximum atomic E-state index is 11.8. The van der Waals surface area contributed by atoms with E-state index in [1.807, 2.05) is 33.6 Å². The van der Waals surface area contributed by atoms with E-state index in [1.165, 1.54) is 17.2 Å². The van der Waals surface area contributed by atoms with Crippen molar-refractivity contribution in [1.82, 2.24) is 19.6 Å². The number of hydrogen-bond donors (Lipinski definition) is 1. The van der Waals surface area contributed by atoms with Gasteiger partial charge in [-0.15, -0.1) is 5.10 Å². The summed E-state index contributed by atoms with van der Waals surface area (Å²) in [6, 6.07) is 20.1. The quantitative estimate of drug-likeness (QED) is 0.391. The molecule has 0 spiro atoms. The minimum atomic E-state index is -0.351. The molecule has 1 N–H and O–H groups in total. The number of benzene rings is 2. The second kappa shape index (κ2) is 8.93. The van der Waals surface area contributed by atoms with Gasteiger partial charge in [-0.1, -0.05) is 73.7 Å². The average molecular weight is 457 g/mol. The first kappa shape index (κ1) is 23.5. The van der Waals surface area contributed by atoms with Gasteiger partial charge in [0.1, 0.15) is 5.69 Å². The third-order valence-electron chi connectivity index (χ3n) is 6.29. The Morgan fingerprint density at radius 1 is 0.882 bits per heavy atom. The van der Waals surface area contributed by atoms with Gasteiger partial charge >= 0.3 is 0 Å². The molecular formula is C28H32N4O2. The highest BCUT2D eigenvalue weighted by molar-refractivity contribution is 5.68. The monoisotopic (exact) mass is 456 g/mol. The summed E-state index contributed by atoms with van der Waals surface area (Å²) in [6.45, 7) is 11.1. The molecule has 0 aliphatic heterocycles. The van der Waals surface area contributed by atoms with Crippen molar-refractivity contribution in [2.75, 3.05) is 0 Å². The summed E-state index contributed by atoms with van der Waals surface area (Å²) >= 11 is 0. The number of pyridine rings is 1. The average Bonchev–Trinajstić information content (AvgIpc) is 3.25. The van der Waals surface area contributed by atoms with Gasteiger partial charge in [-0.3, -0.25) is 9.48 Å². The lowest BCUT2D eigenvalue weighted by molar-refractivity contribution is 0.164. The van der Waals surface area contributed by atoms with E-state index in [1.54, 1.807) is 13.1 Å². The number of nitrogens with zero attached hydrogens (tertiary/aromatic N) is 4. The van der Waals surface area contributed by atoms with Crippen LogP contribution >= 0.6 is 0 Å². The molecule has 0 saturated carbocycles. The highest BCUT2D eigenvalue weighted by Gasteiger charge is 2.32. The minimum Gasteiger partial charge on any atom is -0.503 e. The van der Waals surface area contributed by atoms with Crippen molar-refractivity contribution in [3.8, 4) is 28.1 Å². The second-order valence-electron chi connectivity index (χ2n) is 10.4. The van der Waals surface area contributed by atoms with Crippen molar-refractivity contribution in [3.05, 3.63) is 89.0 Å². The van der Waals surface area contributed by atoms with Crippen LogP contribution in [0.1, 0.15) is 39.8 Å². The van der Waals surface area contributed by atoms with Crippen LogP contribution in [0.4, 0.5) is 0 Å². The molecule has 0 aliphatic carbocycles. The van der Waals surface area contributed by atoms with Crippen LogP contribution in [0.3, 0.4) is 0 Å². The van der Waals surface area contributed by atoms with Crippen molar-refractivity contribution >= 4 is 0 Å². The maximum Gasteiger partial charge on any atom is 0.223 e. The molecule has 0 amide bonds. The Hall–Kier alpha value is -3.67. The molecule has 4 aromatic rings. The summed E-state index contributed by atoms with van der Waals surface area (Å²) in [5.41, 5.74) is 4.04. The summed E-state index contributed by atoms with van der Waals surface area (Å²) in [5.74, 6) is -0.187. The van der Waals surface area contributed by atoms with Gasteiger partial charge in [0.2, 0.25) is 5.43 Å². The number of aromatic nitrogens is 4. The van der Waals surface area contributed by atoms with Gasteiger partial charge in [0, 0.05) is 29.9 Å². The molecule has 4 rings (SSSR count). The molecule has 2 aromatic heterocycles. The fourth-order valence-electron chi connectivity index (χ4n) is 5.00. The third-order valence-corrected chi connectivity index (χ3v) is 6.29. The molecule has 0 fully saturated rings. The molecule has 176 valence electrons. The molecule has 0 atom stereocenters. The zero-order valence-corrected chi connectivity index (χ0v) is 20.5. The first-order chi connectivity index (χ1) is 16.1. The van der Waals surface area contributed by atoms with E-state index < -0.39 is 0 Å². The highest BCUT2D eigenvalue weighted by Crippen LogP contribution is 2.35. The SMILES string of the molecule is Cc1c(O)c(=O)ccn1C(C)(C)CC(C)(C)Cn1cc(-c2ccc(-c3ccccc3)cc2)nn1. The van der Waals surface area contributed by atoms with E-state index >= 15 is 0 Å². The zero-order chi connectivity index (χ0) is 24.5. The van der Waals surface area contributed by atoms with E-state index in [4.69, 9.17) is 0 Å². The molecular weight excluding hydrogens is 424 g/mol. The Kier molecular flexibility index (Phi) is 6.17. The van der Waals surface area contributed by atoms with E-state index in [2.05, 4.69) is 74.4 Å². The molecule has 0 unspecified atom stereocenters. The Labute approximate surface area is 200 Å². The lowest BCUT2D eigenvalue weighted by Gasteiger charge is -2.38. The van der Waals surface area contributed by atoms with Crippen molar-refractivity contribution in [2.24, 2.45) is 5.41 Å². The van der Waals surface area contributed by atoms with Gasteiger partial charge < -0.3 is 9.67 Å². The molecule has 34 heavy (non-hydrogen) atoms. The second-order valence-corrected chi connectivity index (χ2v) is 10.4. The fourth-order valence-corrected chi connectivity index (χ4v) is 5.00. The number of rotatable bonds is 7. The molecule has 0 bridgehead atoms. The molecule has 6 heteroatoms. The summed E-state index contributed by atoms with van der Waals surface area (Å²) in [5, 5.41) is 18.9. The summed E-state index contributed by atoms with van der Waals surface area (Å²) in [6.07, 6.45) is 4.56. The molecule has 2 heterocycles. The summed E-state index contributed by atoms with van der Waals surface area (Å²) in [7, 11) is 0.